The van der Waals surface area contributed by atoms with Gasteiger partial charge in [0.25, 0.3) is 0 Å². The lowest BCUT2D eigenvalue weighted by Crippen LogP contribution is -2.56. The van der Waals surface area contributed by atoms with Crippen LogP contribution < -0.4 is 5.32 Å². The number of hydrogen-bond donors (Lipinski definition) is 2. The summed E-state index contributed by atoms with van der Waals surface area (Å²) in [7, 11) is 0. The van der Waals surface area contributed by atoms with Crippen molar-refractivity contribution in [3.05, 3.63) is 0 Å². The summed E-state index contributed by atoms with van der Waals surface area (Å²) < 4.78 is 5.48. The van der Waals surface area contributed by atoms with Crippen molar-refractivity contribution in [3.8, 4) is 0 Å². The lowest BCUT2D eigenvalue weighted by Gasteiger charge is -2.43. The van der Waals surface area contributed by atoms with E-state index in [1.165, 1.54) is 12.8 Å². The molecule has 2 N–H and O–H groups in total. The summed E-state index contributed by atoms with van der Waals surface area (Å²) in [5, 5.41) is 14.0. The summed E-state index contributed by atoms with van der Waals surface area (Å²) >= 11 is 0. The SMILES string of the molecule is CC1CC(O)(C2CCCCN2)CCO1. The Kier molecular flexibility index (Phi) is 3.10. The number of aliphatic hydroxyl groups is 1. The maximum Gasteiger partial charge on any atom is 0.0846 e. The van der Waals surface area contributed by atoms with Gasteiger partial charge < -0.3 is 15.2 Å². The fourth-order valence-electron chi connectivity index (χ4n) is 2.72. The normalized spacial score (nSPS) is 45.0. The lowest BCUT2D eigenvalue weighted by molar-refractivity contribution is -0.117. The third kappa shape index (κ3) is 2.10. The molecular weight excluding hydrogens is 178 g/mol. The van der Waals surface area contributed by atoms with Gasteiger partial charge in [-0.05, 0) is 26.3 Å². The van der Waals surface area contributed by atoms with Gasteiger partial charge in [-0.25, -0.2) is 0 Å². The van der Waals surface area contributed by atoms with Crippen LogP contribution in [0.3, 0.4) is 0 Å². The molecule has 2 aliphatic heterocycles. The minimum absolute atomic E-state index is 0.206. The van der Waals surface area contributed by atoms with Crippen LogP contribution in [0.2, 0.25) is 0 Å². The molecular formula is C11H21NO2. The third-order valence-electron chi connectivity index (χ3n) is 3.54. The molecule has 3 unspecified atom stereocenters. The second kappa shape index (κ2) is 4.17. The first-order valence-corrected chi connectivity index (χ1v) is 5.78. The van der Waals surface area contributed by atoms with E-state index >= 15 is 0 Å². The predicted molar refractivity (Wildman–Crippen MR) is 55.2 cm³/mol. The van der Waals surface area contributed by atoms with Crippen LogP contribution in [0, 0.1) is 0 Å². The molecule has 0 bridgehead atoms. The molecule has 2 saturated heterocycles. The molecule has 0 aromatic rings. The minimum Gasteiger partial charge on any atom is -0.388 e. The van der Waals surface area contributed by atoms with Crippen LogP contribution in [0.15, 0.2) is 0 Å². The summed E-state index contributed by atoms with van der Waals surface area (Å²) in [5.74, 6) is 0. The molecule has 0 radical (unpaired) electrons. The Hall–Kier alpha value is -0.120. The molecule has 2 rings (SSSR count). The van der Waals surface area contributed by atoms with E-state index in [1.54, 1.807) is 0 Å². The molecule has 0 amide bonds. The lowest BCUT2D eigenvalue weighted by atomic mass is 9.80. The van der Waals surface area contributed by atoms with E-state index in [0.29, 0.717) is 12.6 Å². The first kappa shape index (κ1) is 10.4. The van der Waals surface area contributed by atoms with Crippen molar-refractivity contribution in [1.29, 1.82) is 0 Å². The molecule has 0 saturated carbocycles. The summed E-state index contributed by atoms with van der Waals surface area (Å²) in [5.41, 5.74) is -0.516. The van der Waals surface area contributed by atoms with Crippen LogP contribution in [-0.4, -0.2) is 36.0 Å². The van der Waals surface area contributed by atoms with Gasteiger partial charge in [-0.15, -0.1) is 0 Å². The Morgan fingerprint density at radius 3 is 2.93 bits per heavy atom. The van der Waals surface area contributed by atoms with Gasteiger partial charge in [0.05, 0.1) is 11.7 Å². The fourth-order valence-corrected chi connectivity index (χ4v) is 2.72. The van der Waals surface area contributed by atoms with Crippen LogP contribution >= 0.6 is 0 Å². The zero-order valence-electron chi connectivity index (χ0n) is 8.96. The number of ether oxygens (including phenoxy) is 1. The Morgan fingerprint density at radius 2 is 2.29 bits per heavy atom. The number of nitrogens with one attached hydrogen (secondary N) is 1. The number of piperidine rings is 1. The molecule has 82 valence electrons. The van der Waals surface area contributed by atoms with Gasteiger partial charge in [-0.2, -0.15) is 0 Å². The highest BCUT2D eigenvalue weighted by Gasteiger charge is 2.40. The van der Waals surface area contributed by atoms with Crippen LogP contribution in [-0.2, 0) is 4.74 Å². The van der Waals surface area contributed by atoms with Crippen molar-refractivity contribution in [1.82, 2.24) is 5.32 Å². The van der Waals surface area contributed by atoms with Crippen molar-refractivity contribution in [3.63, 3.8) is 0 Å². The first-order chi connectivity index (χ1) is 6.71. The van der Waals surface area contributed by atoms with E-state index in [4.69, 9.17) is 4.74 Å². The van der Waals surface area contributed by atoms with Crippen molar-refractivity contribution < 1.29 is 9.84 Å². The molecule has 0 aromatic carbocycles. The first-order valence-electron chi connectivity index (χ1n) is 5.78. The van der Waals surface area contributed by atoms with Crippen molar-refractivity contribution in [2.45, 2.75) is 56.8 Å². The van der Waals surface area contributed by atoms with E-state index in [9.17, 15) is 5.11 Å². The summed E-state index contributed by atoms with van der Waals surface area (Å²) in [6, 6.07) is 0.294. The average molecular weight is 199 g/mol. The maximum atomic E-state index is 10.5. The Labute approximate surface area is 85.8 Å². The molecule has 14 heavy (non-hydrogen) atoms. The van der Waals surface area contributed by atoms with Crippen molar-refractivity contribution in [2.24, 2.45) is 0 Å². The monoisotopic (exact) mass is 199 g/mol. The average Bonchev–Trinajstić information content (AvgIpc) is 2.19. The van der Waals surface area contributed by atoms with Gasteiger partial charge in [0.15, 0.2) is 0 Å². The minimum atomic E-state index is -0.516. The van der Waals surface area contributed by atoms with Crippen molar-refractivity contribution in [2.75, 3.05) is 13.2 Å². The molecule has 2 fully saturated rings. The smallest absolute Gasteiger partial charge is 0.0846 e. The van der Waals surface area contributed by atoms with Gasteiger partial charge in [0.1, 0.15) is 0 Å². The zero-order valence-corrected chi connectivity index (χ0v) is 8.96. The third-order valence-corrected chi connectivity index (χ3v) is 3.54. The predicted octanol–water partition coefficient (Wildman–Crippen LogP) is 1.06. The molecule has 2 heterocycles. The van der Waals surface area contributed by atoms with Gasteiger partial charge in [-0.1, -0.05) is 6.42 Å². The summed E-state index contributed by atoms with van der Waals surface area (Å²) in [6.07, 6.45) is 5.38. The maximum absolute atomic E-state index is 10.5. The second-order valence-electron chi connectivity index (χ2n) is 4.74. The topological polar surface area (TPSA) is 41.5 Å². The molecule has 2 aliphatic rings. The summed E-state index contributed by atoms with van der Waals surface area (Å²) in [6.45, 7) is 3.81. The van der Waals surface area contributed by atoms with E-state index in [0.717, 1.165) is 25.8 Å². The zero-order chi connectivity index (χ0) is 10.0. The molecule has 3 nitrogen and oxygen atoms in total. The highest BCUT2D eigenvalue weighted by atomic mass is 16.5. The molecule has 0 spiro atoms. The van der Waals surface area contributed by atoms with E-state index < -0.39 is 5.60 Å². The van der Waals surface area contributed by atoms with Crippen molar-refractivity contribution >= 4 is 0 Å². The van der Waals surface area contributed by atoms with Crippen LogP contribution in [0.5, 0.6) is 0 Å². The Balaban J connectivity index is 1.98. The number of rotatable bonds is 1. The van der Waals surface area contributed by atoms with Crippen LogP contribution in [0.4, 0.5) is 0 Å². The van der Waals surface area contributed by atoms with Gasteiger partial charge in [-0.3, -0.25) is 0 Å². The van der Waals surface area contributed by atoms with E-state index in [1.807, 2.05) is 6.92 Å². The highest BCUT2D eigenvalue weighted by molar-refractivity contribution is 4.96. The molecule has 3 heteroatoms. The molecule has 0 aliphatic carbocycles. The van der Waals surface area contributed by atoms with Gasteiger partial charge in [0, 0.05) is 25.5 Å². The Bertz CT molecular complexity index is 192. The fraction of sp³-hybridized carbons (Fsp3) is 1.00. The molecule has 3 atom stereocenters. The van der Waals surface area contributed by atoms with Gasteiger partial charge >= 0.3 is 0 Å². The Morgan fingerprint density at radius 1 is 1.43 bits per heavy atom. The molecule has 0 aromatic heterocycles. The van der Waals surface area contributed by atoms with E-state index in [-0.39, 0.29) is 6.10 Å². The quantitative estimate of drug-likeness (QED) is 0.663. The standard InChI is InChI=1S/C11H21NO2/c1-9-8-11(13,5-7-14-9)10-4-2-3-6-12-10/h9-10,12-13H,2-8H2,1H3. The van der Waals surface area contributed by atoms with Crippen LogP contribution in [0.1, 0.15) is 39.0 Å². The highest BCUT2D eigenvalue weighted by Crippen LogP contribution is 2.31. The van der Waals surface area contributed by atoms with Crippen LogP contribution in [0.25, 0.3) is 0 Å². The van der Waals surface area contributed by atoms with E-state index in [2.05, 4.69) is 5.32 Å². The second-order valence-corrected chi connectivity index (χ2v) is 4.74. The summed E-state index contributed by atoms with van der Waals surface area (Å²) in [4.78, 5) is 0. The van der Waals surface area contributed by atoms with Gasteiger partial charge in [0.2, 0.25) is 0 Å². The number of hydrogen-bond acceptors (Lipinski definition) is 3. The largest absolute Gasteiger partial charge is 0.388 e.